The Bertz CT molecular complexity index is 381. The smallest absolute Gasteiger partial charge is 0.0509 e. The van der Waals surface area contributed by atoms with Crippen LogP contribution in [0.1, 0.15) is 17.7 Å². The molecule has 0 N–H and O–H groups in total. The fraction of sp³-hybridized carbons (Fsp3) is 0.615. The van der Waals surface area contributed by atoms with Crippen LogP contribution in [0.3, 0.4) is 0 Å². The quantitative estimate of drug-likeness (QED) is 0.754. The van der Waals surface area contributed by atoms with E-state index >= 15 is 0 Å². The second-order valence-corrected chi connectivity index (χ2v) is 5.00. The minimum Gasteiger partial charge on any atom is -0.370 e. The fourth-order valence-corrected chi connectivity index (χ4v) is 2.46. The van der Waals surface area contributed by atoms with Crippen molar-refractivity contribution in [1.82, 2.24) is 9.88 Å². The molecule has 0 bridgehead atoms. The van der Waals surface area contributed by atoms with Crippen molar-refractivity contribution < 1.29 is 0 Å². The van der Waals surface area contributed by atoms with Gasteiger partial charge in [-0.25, -0.2) is 0 Å². The number of anilines is 1. The van der Waals surface area contributed by atoms with E-state index in [0.29, 0.717) is 5.88 Å². The third-order valence-electron chi connectivity index (χ3n) is 3.30. The number of alkyl halides is 1. The number of hydrogen-bond acceptors (Lipinski definition) is 3. The zero-order valence-electron chi connectivity index (χ0n) is 10.6. The molecule has 0 radical (unpaired) electrons. The number of hydrogen-bond donors (Lipinski definition) is 0. The van der Waals surface area contributed by atoms with Crippen LogP contribution in [-0.2, 0) is 5.88 Å². The van der Waals surface area contributed by atoms with Crippen molar-refractivity contribution >= 4 is 17.3 Å². The summed E-state index contributed by atoms with van der Waals surface area (Å²) in [5.74, 6) is 0.537. The minimum atomic E-state index is 0.537. The maximum Gasteiger partial charge on any atom is 0.0509 e. The molecule has 94 valence electrons. The number of aryl methyl sites for hydroxylation is 1. The lowest BCUT2D eigenvalue weighted by atomic mass is 10.2. The van der Waals surface area contributed by atoms with Crippen LogP contribution in [0.15, 0.2) is 12.3 Å². The molecule has 2 heterocycles. The van der Waals surface area contributed by atoms with Crippen LogP contribution in [0, 0.1) is 6.92 Å². The van der Waals surface area contributed by atoms with Crippen molar-refractivity contribution in [3.8, 4) is 0 Å². The zero-order valence-corrected chi connectivity index (χ0v) is 11.4. The highest BCUT2D eigenvalue weighted by molar-refractivity contribution is 6.17. The Morgan fingerprint density at radius 3 is 2.88 bits per heavy atom. The van der Waals surface area contributed by atoms with Crippen LogP contribution in [0.2, 0.25) is 0 Å². The first-order valence-electron chi connectivity index (χ1n) is 6.15. The van der Waals surface area contributed by atoms with Gasteiger partial charge in [0.15, 0.2) is 0 Å². The Balaban J connectivity index is 2.22. The van der Waals surface area contributed by atoms with Gasteiger partial charge in [0.2, 0.25) is 0 Å². The number of aromatic nitrogens is 1. The van der Waals surface area contributed by atoms with Crippen LogP contribution in [0.5, 0.6) is 0 Å². The third-order valence-corrected chi connectivity index (χ3v) is 3.59. The summed E-state index contributed by atoms with van der Waals surface area (Å²) < 4.78 is 0. The van der Waals surface area contributed by atoms with Gasteiger partial charge in [0.05, 0.1) is 5.88 Å². The van der Waals surface area contributed by atoms with E-state index in [1.807, 2.05) is 13.1 Å². The molecule has 4 heteroatoms. The van der Waals surface area contributed by atoms with E-state index in [4.69, 9.17) is 11.6 Å². The minimum absolute atomic E-state index is 0.537. The number of likely N-dealkylation sites (N-methyl/N-ethyl adjacent to an activating group) is 1. The molecule has 1 aliphatic rings. The Morgan fingerprint density at radius 2 is 2.12 bits per heavy atom. The maximum atomic E-state index is 6.00. The molecule has 17 heavy (non-hydrogen) atoms. The lowest BCUT2D eigenvalue weighted by molar-refractivity contribution is 0.360. The normalized spacial score (nSPS) is 18.2. The Labute approximate surface area is 108 Å². The van der Waals surface area contributed by atoms with Crippen LogP contribution in [0.4, 0.5) is 5.69 Å². The van der Waals surface area contributed by atoms with Crippen LogP contribution in [-0.4, -0.2) is 43.1 Å². The van der Waals surface area contributed by atoms with E-state index in [1.165, 1.54) is 18.7 Å². The van der Waals surface area contributed by atoms with Crippen LogP contribution >= 0.6 is 11.6 Å². The summed E-state index contributed by atoms with van der Waals surface area (Å²) in [6.45, 7) is 6.51. The summed E-state index contributed by atoms with van der Waals surface area (Å²) in [7, 11) is 2.18. The predicted octanol–water partition coefficient (Wildman–Crippen LogP) is 2.27. The van der Waals surface area contributed by atoms with E-state index in [-0.39, 0.29) is 0 Å². The summed E-state index contributed by atoms with van der Waals surface area (Å²) >= 11 is 6.00. The van der Waals surface area contributed by atoms with Gasteiger partial charge in [0.25, 0.3) is 0 Å². The second-order valence-electron chi connectivity index (χ2n) is 4.73. The van der Waals surface area contributed by atoms with E-state index in [1.54, 1.807) is 0 Å². The van der Waals surface area contributed by atoms with Crippen molar-refractivity contribution in [2.45, 2.75) is 19.2 Å². The summed E-state index contributed by atoms with van der Waals surface area (Å²) in [5.41, 5.74) is 3.47. The Morgan fingerprint density at radius 1 is 1.29 bits per heavy atom. The van der Waals surface area contributed by atoms with Gasteiger partial charge in [0.1, 0.15) is 0 Å². The van der Waals surface area contributed by atoms with E-state index < -0.39 is 0 Å². The molecular formula is C13H20ClN3. The Hall–Kier alpha value is -0.800. The first-order chi connectivity index (χ1) is 8.20. The highest BCUT2D eigenvalue weighted by atomic mass is 35.5. The summed E-state index contributed by atoms with van der Waals surface area (Å²) in [6, 6.07) is 2.16. The molecule has 0 spiro atoms. The number of rotatable bonds is 2. The SMILES string of the molecule is Cc1cc(N2CCCN(C)CC2)c(CCl)cn1. The van der Waals surface area contributed by atoms with Crippen molar-refractivity contribution in [3.05, 3.63) is 23.5 Å². The monoisotopic (exact) mass is 253 g/mol. The van der Waals surface area contributed by atoms with Crippen molar-refractivity contribution in [2.75, 3.05) is 38.1 Å². The van der Waals surface area contributed by atoms with E-state index in [9.17, 15) is 0 Å². The first kappa shape index (κ1) is 12.7. The number of pyridine rings is 1. The third kappa shape index (κ3) is 3.11. The summed E-state index contributed by atoms with van der Waals surface area (Å²) in [6.07, 6.45) is 3.12. The van der Waals surface area contributed by atoms with Gasteiger partial charge in [0, 0.05) is 42.8 Å². The van der Waals surface area contributed by atoms with Crippen LogP contribution < -0.4 is 4.90 Å². The van der Waals surface area contributed by atoms with Gasteiger partial charge in [-0.05, 0) is 33.0 Å². The molecule has 1 aromatic heterocycles. The number of halogens is 1. The molecule has 0 atom stereocenters. The molecule has 0 saturated carbocycles. The summed E-state index contributed by atoms with van der Waals surface area (Å²) in [5, 5.41) is 0. The zero-order chi connectivity index (χ0) is 12.3. The van der Waals surface area contributed by atoms with Crippen molar-refractivity contribution in [2.24, 2.45) is 0 Å². The lowest BCUT2D eigenvalue weighted by Crippen LogP contribution is -2.29. The average Bonchev–Trinajstić information content (AvgIpc) is 2.54. The second kappa shape index (κ2) is 5.69. The van der Waals surface area contributed by atoms with Gasteiger partial charge in [-0.15, -0.1) is 11.6 Å². The lowest BCUT2D eigenvalue weighted by Gasteiger charge is -2.25. The fourth-order valence-electron chi connectivity index (χ4n) is 2.26. The largest absolute Gasteiger partial charge is 0.370 e. The van der Waals surface area contributed by atoms with Gasteiger partial charge in [-0.2, -0.15) is 0 Å². The molecule has 0 aromatic carbocycles. The molecular weight excluding hydrogens is 234 g/mol. The Kier molecular flexibility index (Phi) is 4.24. The molecule has 0 amide bonds. The summed E-state index contributed by atoms with van der Waals surface area (Å²) in [4.78, 5) is 9.15. The standard InChI is InChI=1S/C13H20ClN3/c1-11-8-13(12(9-14)10-15-11)17-5-3-4-16(2)6-7-17/h8,10H,3-7,9H2,1-2H3. The van der Waals surface area contributed by atoms with E-state index in [0.717, 1.165) is 30.9 Å². The highest BCUT2D eigenvalue weighted by Gasteiger charge is 2.15. The topological polar surface area (TPSA) is 19.4 Å². The molecule has 1 saturated heterocycles. The number of nitrogens with zero attached hydrogens (tertiary/aromatic N) is 3. The van der Waals surface area contributed by atoms with Crippen molar-refractivity contribution in [3.63, 3.8) is 0 Å². The first-order valence-corrected chi connectivity index (χ1v) is 6.69. The van der Waals surface area contributed by atoms with Gasteiger partial charge in [-0.3, -0.25) is 4.98 Å². The van der Waals surface area contributed by atoms with Gasteiger partial charge in [-0.1, -0.05) is 0 Å². The van der Waals surface area contributed by atoms with E-state index in [2.05, 4.69) is 27.9 Å². The molecule has 0 unspecified atom stereocenters. The molecule has 0 aliphatic carbocycles. The molecule has 1 aromatic rings. The van der Waals surface area contributed by atoms with Gasteiger partial charge < -0.3 is 9.80 Å². The van der Waals surface area contributed by atoms with Crippen LogP contribution in [0.25, 0.3) is 0 Å². The van der Waals surface area contributed by atoms with Gasteiger partial charge >= 0.3 is 0 Å². The molecule has 1 aliphatic heterocycles. The molecule has 2 rings (SSSR count). The average molecular weight is 254 g/mol. The maximum absolute atomic E-state index is 6.00. The molecule has 1 fully saturated rings. The highest BCUT2D eigenvalue weighted by Crippen LogP contribution is 2.23. The van der Waals surface area contributed by atoms with Crippen molar-refractivity contribution in [1.29, 1.82) is 0 Å². The molecule has 3 nitrogen and oxygen atoms in total. The predicted molar refractivity (Wildman–Crippen MR) is 72.9 cm³/mol.